The van der Waals surface area contributed by atoms with Crippen LogP contribution in [0.15, 0.2) is 40.9 Å². The lowest BCUT2D eigenvalue weighted by molar-refractivity contribution is -0.115. The van der Waals surface area contributed by atoms with E-state index < -0.39 is 0 Å². The molecule has 6 nitrogen and oxygen atoms in total. The van der Waals surface area contributed by atoms with E-state index in [-0.39, 0.29) is 11.2 Å². The quantitative estimate of drug-likeness (QED) is 0.707. The molecule has 1 atom stereocenters. The standard InChI is InChI=1S/C16H17N5OS2/c1-10-9-23-15(17-10)18-14(22)11(2)24-16-20-19-13(21(16)3)12-7-5-4-6-8-12/h4-9,11H,1-3H3,(H,17,18,22)/t11-/m0/s1. The molecule has 1 N–H and O–H groups in total. The molecule has 3 aromatic rings. The molecule has 1 amide bonds. The molecule has 0 saturated carbocycles. The number of hydrogen-bond donors (Lipinski definition) is 1. The Bertz CT molecular complexity index is 843. The summed E-state index contributed by atoms with van der Waals surface area (Å²) in [7, 11) is 1.90. The zero-order valence-electron chi connectivity index (χ0n) is 13.6. The molecule has 0 bridgehead atoms. The molecule has 0 radical (unpaired) electrons. The van der Waals surface area contributed by atoms with Crippen molar-refractivity contribution in [3.8, 4) is 11.4 Å². The molecule has 0 unspecified atom stereocenters. The first-order chi connectivity index (χ1) is 11.5. The molecule has 124 valence electrons. The van der Waals surface area contributed by atoms with Crippen LogP contribution in [0.25, 0.3) is 11.4 Å². The second-order valence-electron chi connectivity index (χ2n) is 5.27. The number of nitrogens with one attached hydrogen (secondary N) is 1. The minimum Gasteiger partial charge on any atom is -0.305 e. The number of anilines is 1. The van der Waals surface area contributed by atoms with Crippen molar-refractivity contribution in [1.29, 1.82) is 0 Å². The fourth-order valence-electron chi connectivity index (χ4n) is 2.09. The topological polar surface area (TPSA) is 72.7 Å². The largest absolute Gasteiger partial charge is 0.305 e. The third kappa shape index (κ3) is 3.65. The Morgan fingerprint density at radius 3 is 2.71 bits per heavy atom. The second-order valence-corrected chi connectivity index (χ2v) is 7.44. The van der Waals surface area contributed by atoms with Crippen molar-refractivity contribution in [2.24, 2.45) is 7.05 Å². The van der Waals surface area contributed by atoms with E-state index in [0.29, 0.717) is 10.3 Å². The minimum absolute atomic E-state index is 0.0985. The summed E-state index contributed by atoms with van der Waals surface area (Å²) in [4.78, 5) is 16.5. The van der Waals surface area contributed by atoms with Gasteiger partial charge in [-0.3, -0.25) is 4.79 Å². The molecule has 0 aliphatic carbocycles. The molecule has 0 fully saturated rings. The SMILES string of the molecule is Cc1csc(NC(=O)[C@H](C)Sc2nnc(-c3ccccc3)n2C)n1. The number of hydrogen-bond acceptors (Lipinski definition) is 6. The van der Waals surface area contributed by atoms with E-state index in [4.69, 9.17) is 0 Å². The smallest absolute Gasteiger partial charge is 0.239 e. The van der Waals surface area contributed by atoms with Crippen molar-refractivity contribution >= 4 is 34.1 Å². The van der Waals surface area contributed by atoms with Crippen molar-refractivity contribution in [2.45, 2.75) is 24.3 Å². The monoisotopic (exact) mass is 359 g/mol. The van der Waals surface area contributed by atoms with Crippen LogP contribution >= 0.6 is 23.1 Å². The van der Waals surface area contributed by atoms with Crippen molar-refractivity contribution in [3.63, 3.8) is 0 Å². The summed E-state index contributed by atoms with van der Waals surface area (Å²) in [6.07, 6.45) is 0. The first kappa shape index (κ1) is 16.7. The molecule has 0 saturated heterocycles. The van der Waals surface area contributed by atoms with Gasteiger partial charge in [-0.25, -0.2) is 4.98 Å². The van der Waals surface area contributed by atoms with E-state index in [1.165, 1.54) is 23.1 Å². The van der Waals surface area contributed by atoms with Crippen LogP contribution in [0.5, 0.6) is 0 Å². The Balaban J connectivity index is 1.69. The molecule has 3 rings (SSSR count). The number of rotatable bonds is 5. The summed E-state index contributed by atoms with van der Waals surface area (Å²) in [5.41, 5.74) is 1.89. The average molecular weight is 359 g/mol. The number of thioether (sulfide) groups is 1. The fourth-order valence-corrected chi connectivity index (χ4v) is 3.59. The van der Waals surface area contributed by atoms with Crippen molar-refractivity contribution in [1.82, 2.24) is 19.7 Å². The molecular weight excluding hydrogens is 342 g/mol. The van der Waals surface area contributed by atoms with Crippen LogP contribution in [0.3, 0.4) is 0 Å². The van der Waals surface area contributed by atoms with Gasteiger partial charge in [0.25, 0.3) is 0 Å². The number of nitrogens with zero attached hydrogens (tertiary/aromatic N) is 4. The maximum Gasteiger partial charge on any atom is 0.239 e. The van der Waals surface area contributed by atoms with Crippen LogP contribution in [0.2, 0.25) is 0 Å². The van der Waals surface area contributed by atoms with Gasteiger partial charge in [-0.1, -0.05) is 42.1 Å². The number of thiazole rings is 1. The highest BCUT2D eigenvalue weighted by Crippen LogP contribution is 2.26. The molecule has 2 heterocycles. The number of carbonyl (C=O) groups is 1. The maximum absolute atomic E-state index is 12.3. The van der Waals surface area contributed by atoms with Crippen molar-refractivity contribution in [2.75, 3.05) is 5.32 Å². The second kappa shape index (κ2) is 7.14. The van der Waals surface area contributed by atoms with Gasteiger partial charge in [-0.2, -0.15) is 0 Å². The molecule has 0 aliphatic heterocycles. The molecule has 24 heavy (non-hydrogen) atoms. The lowest BCUT2D eigenvalue weighted by atomic mass is 10.2. The Morgan fingerprint density at radius 1 is 1.29 bits per heavy atom. The van der Waals surface area contributed by atoms with Crippen LogP contribution in [0.4, 0.5) is 5.13 Å². The predicted molar refractivity (Wildman–Crippen MR) is 97.2 cm³/mol. The Morgan fingerprint density at radius 2 is 2.04 bits per heavy atom. The van der Waals surface area contributed by atoms with Crippen LogP contribution in [-0.4, -0.2) is 30.9 Å². The summed E-state index contributed by atoms with van der Waals surface area (Å²) in [5, 5.41) is 14.2. The van der Waals surface area contributed by atoms with Gasteiger partial charge in [0.1, 0.15) is 0 Å². The normalized spacial score (nSPS) is 12.1. The first-order valence-corrected chi connectivity index (χ1v) is 9.15. The fraction of sp³-hybridized carbons (Fsp3) is 0.250. The molecule has 8 heteroatoms. The van der Waals surface area contributed by atoms with E-state index in [9.17, 15) is 4.79 Å². The van der Waals surface area contributed by atoms with Gasteiger partial charge in [0.2, 0.25) is 5.91 Å². The summed E-state index contributed by atoms with van der Waals surface area (Å²) in [6, 6.07) is 9.85. The van der Waals surface area contributed by atoms with Crippen LogP contribution in [0, 0.1) is 6.92 Å². The predicted octanol–water partition coefficient (Wildman–Crippen LogP) is 3.37. The highest BCUT2D eigenvalue weighted by Gasteiger charge is 2.20. The minimum atomic E-state index is -0.305. The molecule has 0 aliphatic rings. The summed E-state index contributed by atoms with van der Waals surface area (Å²) in [6.45, 7) is 3.74. The van der Waals surface area contributed by atoms with Crippen LogP contribution in [0.1, 0.15) is 12.6 Å². The zero-order chi connectivity index (χ0) is 17.1. The Hall–Kier alpha value is -2.19. The number of aromatic nitrogens is 4. The Kier molecular flexibility index (Phi) is 4.96. The first-order valence-electron chi connectivity index (χ1n) is 7.39. The van der Waals surface area contributed by atoms with Crippen molar-refractivity contribution < 1.29 is 4.79 Å². The van der Waals surface area contributed by atoms with Crippen LogP contribution in [-0.2, 0) is 11.8 Å². The number of amides is 1. The third-order valence-corrected chi connectivity index (χ3v) is 5.38. The maximum atomic E-state index is 12.3. The van der Waals surface area contributed by atoms with E-state index in [1.807, 2.05) is 61.2 Å². The third-order valence-electron chi connectivity index (χ3n) is 3.37. The highest BCUT2D eigenvalue weighted by molar-refractivity contribution is 8.00. The number of benzene rings is 1. The number of aryl methyl sites for hydroxylation is 1. The van der Waals surface area contributed by atoms with Gasteiger partial charge in [0.15, 0.2) is 16.1 Å². The van der Waals surface area contributed by atoms with E-state index >= 15 is 0 Å². The molecule has 0 spiro atoms. The van der Waals surface area contributed by atoms with Gasteiger partial charge in [0.05, 0.1) is 10.9 Å². The van der Waals surface area contributed by atoms with Gasteiger partial charge < -0.3 is 9.88 Å². The van der Waals surface area contributed by atoms with Gasteiger partial charge in [-0.05, 0) is 13.8 Å². The van der Waals surface area contributed by atoms with E-state index in [1.54, 1.807) is 0 Å². The van der Waals surface area contributed by atoms with Gasteiger partial charge >= 0.3 is 0 Å². The van der Waals surface area contributed by atoms with Gasteiger partial charge in [0, 0.05) is 18.0 Å². The van der Waals surface area contributed by atoms with Crippen molar-refractivity contribution in [3.05, 3.63) is 41.4 Å². The molecule has 2 aromatic heterocycles. The molecule has 1 aromatic carbocycles. The zero-order valence-corrected chi connectivity index (χ0v) is 15.2. The average Bonchev–Trinajstić information content (AvgIpc) is 3.14. The van der Waals surface area contributed by atoms with E-state index in [2.05, 4.69) is 20.5 Å². The van der Waals surface area contributed by atoms with E-state index in [0.717, 1.165) is 17.1 Å². The van der Waals surface area contributed by atoms with Crippen LogP contribution < -0.4 is 5.32 Å². The molecular formula is C16H17N5OS2. The summed E-state index contributed by atoms with van der Waals surface area (Å²) < 4.78 is 1.90. The lowest BCUT2D eigenvalue weighted by Gasteiger charge is -2.10. The Labute approximate surface area is 148 Å². The number of carbonyl (C=O) groups excluding carboxylic acids is 1. The lowest BCUT2D eigenvalue weighted by Crippen LogP contribution is -2.22. The summed E-state index contributed by atoms with van der Waals surface area (Å²) in [5.74, 6) is 0.680. The highest BCUT2D eigenvalue weighted by atomic mass is 32.2. The van der Waals surface area contributed by atoms with Gasteiger partial charge in [-0.15, -0.1) is 21.5 Å². The summed E-state index contributed by atoms with van der Waals surface area (Å²) >= 11 is 2.79.